The minimum atomic E-state index is -0.448. The van der Waals surface area contributed by atoms with Gasteiger partial charge < -0.3 is 9.80 Å². The predicted octanol–water partition coefficient (Wildman–Crippen LogP) is 5.20. The van der Waals surface area contributed by atoms with Gasteiger partial charge in [-0.05, 0) is 44.5 Å². The van der Waals surface area contributed by atoms with Gasteiger partial charge in [0.1, 0.15) is 11.6 Å². The normalized spacial score (nSPS) is 13.5. The third kappa shape index (κ3) is 5.18. The summed E-state index contributed by atoms with van der Waals surface area (Å²) < 4.78 is 1.87. The van der Waals surface area contributed by atoms with E-state index in [-0.39, 0.29) is 11.6 Å². The lowest BCUT2D eigenvalue weighted by Gasteiger charge is -2.35. The van der Waals surface area contributed by atoms with Crippen LogP contribution in [-0.4, -0.2) is 61.7 Å². The number of hydrogen-bond donors (Lipinski definition) is 0. The average Bonchev–Trinajstić information content (AvgIpc) is 3.34. The molecule has 2 aromatic heterocycles. The number of para-hydroxylation sites is 1. The third-order valence-electron chi connectivity index (χ3n) is 7.73. The topological polar surface area (TPSA) is 110 Å². The number of hydrogen-bond acceptors (Lipinski definition) is 7. The zero-order valence-electron chi connectivity index (χ0n) is 23.8. The van der Waals surface area contributed by atoms with Crippen LogP contribution in [-0.2, 0) is 6.42 Å². The summed E-state index contributed by atoms with van der Waals surface area (Å²) in [6.07, 6.45) is 0.576. The fourth-order valence-electron chi connectivity index (χ4n) is 5.39. The first-order chi connectivity index (χ1) is 20.3. The largest absolute Gasteiger partial charge is 0.352 e. The van der Waals surface area contributed by atoms with E-state index in [9.17, 15) is 14.9 Å². The number of aromatic nitrogens is 4. The van der Waals surface area contributed by atoms with E-state index in [0.29, 0.717) is 49.6 Å². The molecule has 6 rings (SSSR count). The SMILES string of the molecule is Cc1ccc(Cc2nc(N3CCN(C(=O)c4ccc(C)c([N+](=O)[O-])c4)CC3)c3c(C)nn(-c4ccccc4)c3n2)cc1. The molecule has 5 aromatic rings. The number of nitro groups is 1. The molecule has 0 aliphatic carbocycles. The number of nitro benzene ring substituents is 1. The third-order valence-corrected chi connectivity index (χ3v) is 7.73. The van der Waals surface area contributed by atoms with Crippen molar-refractivity contribution in [1.82, 2.24) is 24.6 Å². The molecule has 10 nitrogen and oxygen atoms in total. The monoisotopic (exact) mass is 561 g/mol. The number of carbonyl (C=O) groups excluding carboxylic acids is 1. The molecule has 0 bridgehead atoms. The summed E-state index contributed by atoms with van der Waals surface area (Å²) >= 11 is 0. The minimum absolute atomic E-state index is 0.0464. The quantitative estimate of drug-likeness (QED) is 0.207. The molecule has 0 saturated carbocycles. The van der Waals surface area contributed by atoms with Gasteiger partial charge in [0.05, 0.1) is 21.7 Å². The van der Waals surface area contributed by atoms with Crippen LogP contribution in [0.3, 0.4) is 0 Å². The van der Waals surface area contributed by atoms with Crippen LogP contribution in [0.5, 0.6) is 0 Å². The van der Waals surface area contributed by atoms with Crippen LogP contribution in [0.4, 0.5) is 11.5 Å². The van der Waals surface area contributed by atoms with E-state index in [1.807, 2.05) is 41.9 Å². The first-order valence-electron chi connectivity index (χ1n) is 13.9. The number of fused-ring (bicyclic) bond motifs is 1. The van der Waals surface area contributed by atoms with E-state index in [4.69, 9.17) is 15.1 Å². The summed E-state index contributed by atoms with van der Waals surface area (Å²) in [4.78, 5) is 38.2. The Balaban J connectivity index is 1.33. The second-order valence-electron chi connectivity index (χ2n) is 10.7. The van der Waals surface area contributed by atoms with E-state index in [0.717, 1.165) is 33.8 Å². The van der Waals surface area contributed by atoms with Crippen LogP contribution >= 0.6 is 0 Å². The fraction of sp³-hybridized carbons (Fsp3) is 0.250. The van der Waals surface area contributed by atoms with Gasteiger partial charge in [0.25, 0.3) is 11.6 Å². The molecule has 0 atom stereocenters. The molecule has 0 spiro atoms. The van der Waals surface area contributed by atoms with Gasteiger partial charge >= 0.3 is 0 Å². The summed E-state index contributed by atoms with van der Waals surface area (Å²) in [5, 5.41) is 17.2. The number of amides is 1. The summed E-state index contributed by atoms with van der Waals surface area (Å²) in [6, 6.07) is 23.0. The Morgan fingerprint density at radius 3 is 2.31 bits per heavy atom. The van der Waals surface area contributed by atoms with E-state index in [2.05, 4.69) is 36.1 Å². The predicted molar refractivity (Wildman–Crippen MR) is 161 cm³/mol. The van der Waals surface area contributed by atoms with Gasteiger partial charge in [-0.3, -0.25) is 14.9 Å². The second kappa shape index (κ2) is 11.0. The fourth-order valence-corrected chi connectivity index (χ4v) is 5.39. The molecule has 1 aliphatic rings. The van der Waals surface area contributed by atoms with E-state index in [1.54, 1.807) is 24.0 Å². The molecule has 3 aromatic carbocycles. The molecular weight excluding hydrogens is 530 g/mol. The van der Waals surface area contributed by atoms with Gasteiger partial charge in [-0.2, -0.15) is 5.10 Å². The van der Waals surface area contributed by atoms with Crippen LogP contribution < -0.4 is 4.90 Å². The Kier molecular flexibility index (Phi) is 7.12. The van der Waals surface area contributed by atoms with Crippen LogP contribution in [0.25, 0.3) is 16.7 Å². The van der Waals surface area contributed by atoms with Crippen LogP contribution in [0.1, 0.15) is 38.6 Å². The van der Waals surface area contributed by atoms with E-state index < -0.39 is 4.92 Å². The standard InChI is InChI=1S/C32H31N7O3/c1-21-9-12-24(13-10-21)19-28-33-30(29-23(3)35-38(31(29)34-28)26-7-5-4-6-8-26)36-15-17-37(18-16-36)32(40)25-14-11-22(2)27(20-25)39(41)42/h4-14,20H,15-19H2,1-3H3. The minimum Gasteiger partial charge on any atom is -0.352 e. The maximum absolute atomic E-state index is 13.3. The first kappa shape index (κ1) is 27.1. The number of aryl methyl sites for hydroxylation is 3. The Bertz CT molecular complexity index is 1790. The molecule has 212 valence electrons. The molecule has 3 heterocycles. The van der Waals surface area contributed by atoms with Gasteiger partial charge in [0.15, 0.2) is 5.65 Å². The van der Waals surface area contributed by atoms with Crippen molar-refractivity contribution in [3.63, 3.8) is 0 Å². The Morgan fingerprint density at radius 2 is 1.62 bits per heavy atom. The summed E-state index contributed by atoms with van der Waals surface area (Å²) in [5.74, 6) is 1.29. The molecule has 10 heteroatoms. The van der Waals surface area contributed by atoms with Crippen molar-refractivity contribution in [2.45, 2.75) is 27.2 Å². The molecule has 1 amide bonds. The zero-order chi connectivity index (χ0) is 29.4. The van der Waals surface area contributed by atoms with Crippen molar-refractivity contribution in [2.75, 3.05) is 31.1 Å². The highest BCUT2D eigenvalue weighted by atomic mass is 16.6. The van der Waals surface area contributed by atoms with Crippen LogP contribution in [0.15, 0.2) is 72.8 Å². The van der Waals surface area contributed by atoms with E-state index in [1.165, 1.54) is 11.6 Å². The van der Waals surface area contributed by atoms with Gasteiger partial charge in [-0.25, -0.2) is 14.6 Å². The lowest BCUT2D eigenvalue weighted by Crippen LogP contribution is -2.49. The Hall–Kier alpha value is -5.12. The molecule has 42 heavy (non-hydrogen) atoms. The van der Waals surface area contributed by atoms with Crippen molar-refractivity contribution < 1.29 is 9.72 Å². The van der Waals surface area contributed by atoms with Gasteiger partial charge in [0.2, 0.25) is 0 Å². The lowest BCUT2D eigenvalue weighted by molar-refractivity contribution is -0.385. The van der Waals surface area contributed by atoms with Gasteiger partial charge in [-0.1, -0.05) is 54.1 Å². The van der Waals surface area contributed by atoms with Gasteiger partial charge in [0, 0.05) is 49.8 Å². The second-order valence-corrected chi connectivity index (χ2v) is 10.7. The summed E-state index contributed by atoms with van der Waals surface area (Å²) in [7, 11) is 0. The molecule has 1 aliphatic heterocycles. The highest BCUT2D eigenvalue weighted by Crippen LogP contribution is 2.30. The Morgan fingerprint density at radius 1 is 0.905 bits per heavy atom. The molecular formula is C32H31N7O3. The van der Waals surface area contributed by atoms with Crippen molar-refractivity contribution in [1.29, 1.82) is 0 Å². The van der Waals surface area contributed by atoms with Crippen molar-refractivity contribution in [2.24, 2.45) is 0 Å². The molecule has 0 N–H and O–H groups in total. The number of piperazine rings is 1. The summed E-state index contributed by atoms with van der Waals surface area (Å²) in [6.45, 7) is 7.75. The number of benzene rings is 3. The molecule has 1 saturated heterocycles. The number of nitrogens with zero attached hydrogens (tertiary/aromatic N) is 7. The van der Waals surface area contributed by atoms with Crippen molar-refractivity contribution >= 4 is 28.4 Å². The smallest absolute Gasteiger partial charge is 0.273 e. The number of anilines is 1. The lowest BCUT2D eigenvalue weighted by atomic mass is 10.1. The van der Waals surface area contributed by atoms with Crippen LogP contribution in [0.2, 0.25) is 0 Å². The van der Waals surface area contributed by atoms with Gasteiger partial charge in [-0.15, -0.1) is 0 Å². The molecule has 0 radical (unpaired) electrons. The first-order valence-corrected chi connectivity index (χ1v) is 13.9. The highest BCUT2D eigenvalue weighted by molar-refractivity contribution is 5.95. The van der Waals surface area contributed by atoms with Crippen molar-refractivity contribution in [3.8, 4) is 5.69 Å². The summed E-state index contributed by atoms with van der Waals surface area (Å²) in [5.41, 5.74) is 5.62. The number of rotatable bonds is 6. The maximum atomic E-state index is 13.3. The maximum Gasteiger partial charge on any atom is 0.273 e. The Labute approximate surface area is 243 Å². The average molecular weight is 562 g/mol. The van der Waals surface area contributed by atoms with Crippen molar-refractivity contribution in [3.05, 3.63) is 117 Å². The zero-order valence-corrected chi connectivity index (χ0v) is 23.8. The van der Waals surface area contributed by atoms with E-state index >= 15 is 0 Å². The number of carbonyl (C=O) groups is 1. The van der Waals surface area contributed by atoms with Crippen LogP contribution in [0, 0.1) is 30.9 Å². The highest BCUT2D eigenvalue weighted by Gasteiger charge is 2.28. The molecule has 1 fully saturated rings. The molecule has 0 unspecified atom stereocenters.